The number of hydrogen-bond donors (Lipinski definition) is 2. The molecule has 138 valence electrons. The molecule has 28 heavy (non-hydrogen) atoms. The minimum Gasteiger partial charge on any atom is -0.453 e. The molecule has 4 N–H and O–H groups in total. The molecule has 0 radical (unpaired) electrons. The summed E-state index contributed by atoms with van der Waals surface area (Å²) in [6.45, 7) is 0. The van der Waals surface area contributed by atoms with Crippen molar-refractivity contribution < 1.29 is 9.47 Å². The number of para-hydroxylation sites is 2. The second-order valence-corrected chi connectivity index (χ2v) is 6.34. The first kappa shape index (κ1) is 17.5. The highest BCUT2D eigenvalue weighted by Crippen LogP contribution is 2.42. The summed E-state index contributed by atoms with van der Waals surface area (Å²) in [4.78, 5) is 0. The maximum absolute atomic E-state index is 6.24. The van der Waals surface area contributed by atoms with E-state index >= 15 is 0 Å². The first-order valence-corrected chi connectivity index (χ1v) is 8.94. The van der Waals surface area contributed by atoms with Crippen molar-refractivity contribution in [2.45, 2.75) is 0 Å². The molecule has 4 rings (SSSR count). The van der Waals surface area contributed by atoms with E-state index in [0.29, 0.717) is 28.6 Å². The van der Waals surface area contributed by atoms with E-state index in [9.17, 15) is 0 Å². The fourth-order valence-corrected chi connectivity index (χ4v) is 2.90. The average molecular weight is 368 g/mol. The van der Waals surface area contributed by atoms with Gasteiger partial charge in [0, 0.05) is 23.0 Å². The van der Waals surface area contributed by atoms with Gasteiger partial charge in [0.1, 0.15) is 11.5 Å². The average Bonchev–Trinajstić information content (AvgIpc) is 2.71. The molecule has 0 aliphatic heterocycles. The van der Waals surface area contributed by atoms with E-state index in [4.69, 9.17) is 20.9 Å². The van der Waals surface area contributed by atoms with E-state index in [1.807, 2.05) is 91.0 Å². The second kappa shape index (κ2) is 7.76. The van der Waals surface area contributed by atoms with E-state index in [1.165, 1.54) is 0 Å². The Labute approximate surface area is 164 Å². The molecular weight excluding hydrogens is 348 g/mol. The van der Waals surface area contributed by atoms with Crippen LogP contribution in [0.1, 0.15) is 0 Å². The maximum atomic E-state index is 6.24. The van der Waals surface area contributed by atoms with Gasteiger partial charge in [-0.15, -0.1) is 0 Å². The van der Waals surface area contributed by atoms with Crippen LogP contribution >= 0.6 is 0 Å². The van der Waals surface area contributed by atoms with Gasteiger partial charge < -0.3 is 20.9 Å². The van der Waals surface area contributed by atoms with Crippen molar-refractivity contribution in [1.29, 1.82) is 0 Å². The molecule has 0 spiro atoms. The van der Waals surface area contributed by atoms with E-state index in [-0.39, 0.29) is 0 Å². The van der Waals surface area contributed by atoms with Crippen LogP contribution in [0.4, 0.5) is 11.4 Å². The Morgan fingerprint density at radius 3 is 2.00 bits per heavy atom. The minimum atomic E-state index is 0.601. The zero-order chi connectivity index (χ0) is 19.3. The minimum absolute atomic E-state index is 0.601. The van der Waals surface area contributed by atoms with E-state index in [0.717, 1.165) is 16.9 Å². The van der Waals surface area contributed by atoms with Gasteiger partial charge in [-0.2, -0.15) is 0 Å². The predicted molar refractivity (Wildman–Crippen MR) is 114 cm³/mol. The van der Waals surface area contributed by atoms with Gasteiger partial charge in [-0.1, -0.05) is 48.5 Å². The van der Waals surface area contributed by atoms with Crippen molar-refractivity contribution in [3.05, 3.63) is 97.1 Å². The van der Waals surface area contributed by atoms with Crippen molar-refractivity contribution in [3.8, 4) is 34.1 Å². The van der Waals surface area contributed by atoms with Crippen LogP contribution in [-0.4, -0.2) is 0 Å². The SMILES string of the molecule is Nc1ccc(-c2cccc(Oc3cccc(N)c3)c2Oc2ccccc2)cc1. The highest BCUT2D eigenvalue weighted by molar-refractivity contribution is 5.75. The van der Waals surface area contributed by atoms with Crippen LogP contribution in [0.3, 0.4) is 0 Å². The maximum Gasteiger partial charge on any atom is 0.177 e. The highest BCUT2D eigenvalue weighted by Gasteiger charge is 2.15. The van der Waals surface area contributed by atoms with Crippen LogP contribution in [0.5, 0.6) is 23.0 Å². The largest absolute Gasteiger partial charge is 0.453 e. The lowest BCUT2D eigenvalue weighted by Crippen LogP contribution is -1.94. The molecule has 0 bridgehead atoms. The summed E-state index contributed by atoms with van der Waals surface area (Å²) in [6.07, 6.45) is 0. The summed E-state index contributed by atoms with van der Waals surface area (Å²) in [6, 6.07) is 30.4. The Balaban J connectivity index is 1.80. The van der Waals surface area contributed by atoms with Gasteiger partial charge in [0.2, 0.25) is 0 Å². The van der Waals surface area contributed by atoms with E-state index < -0.39 is 0 Å². The first-order chi connectivity index (χ1) is 13.7. The number of hydrogen-bond acceptors (Lipinski definition) is 4. The van der Waals surface area contributed by atoms with Gasteiger partial charge in [-0.05, 0) is 48.0 Å². The number of nitrogen functional groups attached to an aromatic ring is 2. The van der Waals surface area contributed by atoms with E-state index in [2.05, 4.69) is 0 Å². The van der Waals surface area contributed by atoms with Crippen molar-refractivity contribution in [2.24, 2.45) is 0 Å². The molecule has 4 aromatic carbocycles. The molecule has 4 heteroatoms. The number of nitrogens with two attached hydrogens (primary N) is 2. The zero-order valence-electron chi connectivity index (χ0n) is 15.2. The zero-order valence-corrected chi connectivity index (χ0v) is 15.2. The quantitative estimate of drug-likeness (QED) is 0.417. The molecular formula is C24H20N2O2. The first-order valence-electron chi connectivity index (χ1n) is 8.94. The number of rotatable bonds is 5. The molecule has 0 saturated carbocycles. The van der Waals surface area contributed by atoms with Gasteiger partial charge in [0.05, 0.1) is 0 Å². The summed E-state index contributed by atoms with van der Waals surface area (Å²) < 4.78 is 12.4. The van der Waals surface area contributed by atoms with Crippen molar-refractivity contribution >= 4 is 11.4 Å². The molecule has 0 saturated heterocycles. The molecule has 0 heterocycles. The van der Waals surface area contributed by atoms with Gasteiger partial charge in [-0.25, -0.2) is 0 Å². The smallest absolute Gasteiger partial charge is 0.177 e. The monoisotopic (exact) mass is 368 g/mol. The third-order valence-corrected chi connectivity index (χ3v) is 4.25. The fraction of sp³-hybridized carbons (Fsp3) is 0. The van der Waals surface area contributed by atoms with E-state index in [1.54, 1.807) is 6.07 Å². The third kappa shape index (κ3) is 3.91. The van der Waals surface area contributed by atoms with Crippen LogP contribution in [0.25, 0.3) is 11.1 Å². The summed E-state index contributed by atoms with van der Waals surface area (Å²) >= 11 is 0. The van der Waals surface area contributed by atoms with Crippen molar-refractivity contribution in [1.82, 2.24) is 0 Å². The Morgan fingerprint density at radius 1 is 0.536 bits per heavy atom. The lowest BCUT2D eigenvalue weighted by atomic mass is 10.0. The molecule has 0 atom stereocenters. The highest BCUT2D eigenvalue weighted by atomic mass is 16.5. The van der Waals surface area contributed by atoms with Crippen molar-refractivity contribution in [2.75, 3.05) is 11.5 Å². The van der Waals surface area contributed by atoms with Gasteiger partial charge >= 0.3 is 0 Å². The van der Waals surface area contributed by atoms with Crippen molar-refractivity contribution in [3.63, 3.8) is 0 Å². The number of anilines is 2. The normalized spacial score (nSPS) is 10.4. The molecule has 0 unspecified atom stereocenters. The Bertz CT molecular complexity index is 1080. The van der Waals surface area contributed by atoms with Crippen LogP contribution in [0, 0.1) is 0 Å². The lowest BCUT2D eigenvalue weighted by Gasteiger charge is -2.17. The number of benzene rings is 4. The Kier molecular flexibility index (Phi) is 4.85. The van der Waals surface area contributed by atoms with Gasteiger partial charge in [-0.3, -0.25) is 0 Å². The fourth-order valence-electron chi connectivity index (χ4n) is 2.90. The topological polar surface area (TPSA) is 70.5 Å². The van der Waals surface area contributed by atoms with Crippen LogP contribution in [0.15, 0.2) is 97.1 Å². The molecule has 0 fully saturated rings. The Hall–Kier alpha value is -3.92. The predicted octanol–water partition coefficient (Wildman–Crippen LogP) is 6.10. The molecule has 0 aliphatic rings. The summed E-state index contributed by atoms with van der Waals surface area (Å²) in [5.41, 5.74) is 15.0. The van der Waals surface area contributed by atoms with Crippen LogP contribution < -0.4 is 20.9 Å². The summed E-state index contributed by atoms with van der Waals surface area (Å²) in [5, 5.41) is 0. The van der Waals surface area contributed by atoms with Crippen LogP contribution in [0.2, 0.25) is 0 Å². The second-order valence-electron chi connectivity index (χ2n) is 6.34. The number of ether oxygens (including phenoxy) is 2. The van der Waals surface area contributed by atoms with Crippen LogP contribution in [-0.2, 0) is 0 Å². The van der Waals surface area contributed by atoms with Gasteiger partial charge in [0.25, 0.3) is 0 Å². The molecule has 0 amide bonds. The Morgan fingerprint density at radius 2 is 1.25 bits per heavy atom. The standard InChI is InChI=1S/C24H20N2O2/c25-18-14-12-17(13-15-18)22-10-5-11-23(27-21-9-4-6-19(26)16-21)24(22)28-20-7-2-1-3-8-20/h1-16H,25-26H2. The molecule has 4 aromatic rings. The molecule has 0 aromatic heterocycles. The third-order valence-electron chi connectivity index (χ3n) is 4.25. The molecule has 4 nitrogen and oxygen atoms in total. The lowest BCUT2D eigenvalue weighted by molar-refractivity contribution is 0.420. The summed E-state index contributed by atoms with van der Waals surface area (Å²) in [7, 11) is 0. The van der Waals surface area contributed by atoms with Gasteiger partial charge in [0.15, 0.2) is 11.5 Å². The molecule has 0 aliphatic carbocycles. The summed E-state index contributed by atoms with van der Waals surface area (Å²) in [5.74, 6) is 2.60.